The van der Waals surface area contributed by atoms with E-state index in [4.69, 9.17) is 4.98 Å². The normalized spacial score (nSPS) is 24.8. The molecule has 33 heavy (non-hydrogen) atoms. The van der Waals surface area contributed by atoms with Crippen LogP contribution in [0.5, 0.6) is 0 Å². The van der Waals surface area contributed by atoms with Crippen molar-refractivity contribution in [2.24, 2.45) is 5.41 Å². The van der Waals surface area contributed by atoms with Crippen LogP contribution in [-0.2, 0) is 5.41 Å². The average molecular weight is 447 g/mol. The van der Waals surface area contributed by atoms with Gasteiger partial charge >= 0.3 is 6.03 Å². The first-order chi connectivity index (χ1) is 15.8. The summed E-state index contributed by atoms with van der Waals surface area (Å²) in [4.78, 5) is 18.8. The number of rotatable bonds is 3. The topological polar surface area (TPSA) is 71.0 Å². The Bertz CT molecular complexity index is 1290. The maximum atomic E-state index is 14.4. The van der Waals surface area contributed by atoms with Gasteiger partial charge in [-0.2, -0.15) is 5.10 Å². The molecule has 3 aliphatic rings. The highest BCUT2D eigenvalue weighted by Gasteiger charge is 2.65. The Morgan fingerprint density at radius 2 is 1.85 bits per heavy atom. The minimum atomic E-state index is -0.653. The molecule has 0 spiro atoms. The SMILES string of the molecule is CC1(C)[C@H]2CC[C@@]1(c1cccc(N3CCNC3=O)n1)c1nnc(-c3c(F)cccc3F)cc12. The van der Waals surface area contributed by atoms with E-state index >= 15 is 0 Å². The third-order valence-corrected chi connectivity index (χ3v) is 7.91. The molecular formula is C25H23F2N5O. The van der Waals surface area contributed by atoms with Gasteiger partial charge in [-0.15, -0.1) is 5.10 Å². The summed E-state index contributed by atoms with van der Waals surface area (Å²) in [5, 5.41) is 11.7. The van der Waals surface area contributed by atoms with E-state index in [2.05, 4.69) is 29.4 Å². The maximum Gasteiger partial charge on any atom is 0.323 e. The molecule has 2 bridgehead atoms. The summed E-state index contributed by atoms with van der Waals surface area (Å²) in [6.45, 7) is 5.56. The molecule has 6 rings (SSSR count). The van der Waals surface area contributed by atoms with Gasteiger partial charge in [-0.25, -0.2) is 18.6 Å². The fraction of sp³-hybridized carbons (Fsp3) is 0.360. The fourth-order valence-electron chi connectivity index (χ4n) is 6.26. The second-order valence-electron chi connectivity index (χ2n) is 9.61. The minimum absolute atomic E-state index is 0.149. The molecule has 6 nitrogen and oxygen atoms in total. The number of nitrogens with one attached hydrogen (secondary N) is 1. The third kappa shape index (κ3) is 2.57. The number of benzene rings is 1. The average Bonchev–Trinajstić information content (AvgIpc) is 3.40. The van der Waals surface area contributed by atoms with Gasteiger partial charge in [0.2, 0.25) is 0 Å². The van der Waals surface area contributed by atoms with E-state index in [0.717, 1.165) is 29.8 Å². The molecule has 2 atom stereocenters. The lowest BCUT2D eigenvalue weighted by Crippen LogP contribution is -2.38. The molecule has 1 aromatic carbocycles. The van der Waals surface area contributed by atoms with Crippen LogP contribution in [0.2, 0.25) is 0 Å². The van der Waals surface area contributed by atoms with Gasteiger partial charge in [-0.1, -0.05) is 26.0 Å². The number of amides is 2. The monoisotopic (exact) mass is 447 g/mol. The Morgan fingerprint density at radius 3 is 2.58 bits per heavy atom. The van der Waals surface area contributed by atoms with Crippen molar-refractivity contribution in [3.63, 3.8) is 0 Å². The van der Waals surface area contributed by atoms with Crippen molar-refractivity contribution in [3.8, 4) is 11.3 Å². The van der Waals surface area contributed by atoms with Gasteiger partial charge in [0, 0.05) is 13.1 Å². The summed E-state index contributed by atoms with van der Waals surface area (Å²) in [6, 6.07) is 11.2. The fourth-order valence-corrected chi connectivity index (χ4v) is 6.26. The Hall–Kier alpha value is -3.42. The number of anilines is 1. The predicted molar refractivity (Wildman–Crippen MR) is 119 cm³/mol. The lowest BCUT2D eigenvalue weighted by atomic mass is 9.66. The summed E-state index contributed by atoms with van der Waals surface area (Å²) in [7, 11) is 0. The second kappa shape index (κ2) is 6.79. The molecular weight excluding hydrogens is 424 g/mol. The van der Waals surface area contributed by atoms with Crippen LogP contribution >= 0.6 is 0 Å². The van der Waals surface area contributed by atoms with E-state index in [-0.39, 0.29) is 28.6 Å². The highest BCUT2D eigenvalue weighted by Crippen LogP contribution is 2.69. The molecule has 2 amide bonds. The molecule has 1 saturated carbocycles. The van der Waals surface area contributed by atoms with Crippen molar-refractivity contribution in [2.45, 2.75) is 38.0 Å². The molecule has 168 valence electrons. The molecule has 3 aromatic rings. The standard InChI is InChI=1S/C25H23F2N5O/c1-24(2)15-9-10-25(24,19-7-4-8-20(29-19)32-12-11-28-23(32)33)22-14(15)13-18(30-31-22)21-16(26)5-3-6-17(21)27/h3-8,13,15H,9-12H2,1-2H3,(H,28,33)/t15-,25+/m0/s1. The van der Waals surface area contributed by atoms with Crippen molar-refractivity contribution >= 4 is 11.8 Å². The van der Waals surface area contributed by atoms with Crippen molar-refractivity contribution in [2.75, 3.05) is 18.0 Å². The number of hydrogen-bond acceptors (Lipinski definition) is 4. The van der Waals surface area contributed by atoms with Crippen LogP contribution in [0, 0.1) is 17.0 Å². The molecule has 2 aliphatic carbocycles. The quantitative estimate of drug-likeness (QED) is 0.640. The van der Waals surface area contributed by atoms with E-state index in [0.29, 0.717) is 18.9 Å². The summed E-state index contributed by atoms with van der Waals surface area (Å²) >= 11 is 0. The Morgan fingerprint density at radius 1 is 1.09 bits per heavy atom. The second-order valence-corrected chi connectivity index (χ2v) is 9.61. The number of aromatic nitrogens is 3. The van der Waals surface area contributed by atoms with Crippen LogP contribution in [0.15, 0.2) is 42.5 Å². The number of carbonyl (C=O) groups excluding carboxylic acids is 1. The van der Waals surface area contributed by atoms with Crippen molar-refractivity contribution in [1.29, 1.82) is 0 Å². The lowest BCUT2D eigenvalue weighted by molar-refractivity contribution is 0.242. The van der Waals surface area contributed by atoms with Gasteiger partial charge in [-0.3, -0.25) is 4.90 Å². The van der Waals surface area contributed by atoms with Gasteiger partial charge in [0.25, 0.3) is 0 Å². The smallest absolute Gasteiger partial charge is 0.323 e. The number of hydrogen-bond donors (Lipinski definition) is 1. The number of carbonyl (C=O) groups is 1. The van der Waals surface area contributed by atoms with E-state index in [1.165, 1.54) is 18.2 Å². The van der Waals surface area contributed by atoms with Crippen LogP contribution in [0.1, 0.15) is 49.6 Å². The zero-order valence-electron chi connectivity index (χ0n) is 18.4. The predicted octanol–water partition coefficient (Wildman–Crippen LogP) is 4.55. The lowest BCUT2D eigenvalue weighted by Gasteiger charge is -2.37. The van der Waals surface area contributed by atoms with Crippen molar-refractivity contribution in [1.82, 2.24) is 20.5 Å². The highest BCUT2D eigenvalue weighted by atomic mass is 19.1. The summed E-state index contributed by atoms with van der Waals surface area (Å²) in [5.41, 5.74) is 1.99. The van der Waals surface area contributed by atoms with Gasteiger partial charge in [0.15, 0.2) is 0 Å². The molecule has 1 saturated heterocycles. The van der Waals surface area contributed by atoms with Gasteiger partial charge in [0.1, 0.15) is 17.5 Å². The molecule has 8 heteroatoms. The van der Waals surface area contributed by atoms with Crippen molar-refractivity contribution in [3.05, 3.63) is 71.1 Å². The zero-order valence-corrected chi connectivity index (χ0v) is 18.4. The molecule has 1 N–H and O–H groups in total. The Labute approximate surface area is 190 Å². The van der Waals surface area contributed by atoms with Crippen LogP contribution in [0.4, 0.5) is 19.4 Å². The first-order valence-corrected chi connectivity index (χ1v) is 11.2. The number of pyridine rings is 1. The van der Waals surface area contributed by atoms with E-state index < -0.39 is 17.0 Å². The summed E-state index contributed by atoms with van der Waals surface area (Å²) in [5.74, 6) is -0.529. The molecule has 0 radical (unpaired) electrons. The number of halogens is 2. The molecule has 2 aromatic heterocycles. The maximum absolute atomic E-state index is 14.4. The zero-order chi connectivity index (χ0) is 23.0. The molecule has 1 aliphatic heterocycles. The number of fused-ring (bicyclic) bond motifs is 5. The first kappa shape index (κ1) is 20.2. The van der Waals surface area contributed by atoms with E-state index in [1.807, 2.05) is 18.2 Å². The number of urea groups is 1. The molecule has 2 fully saturated rings. The highest BCUT2D eigenvalue weighted by molar-refractivity contribution is 5.93. The summed E-state index contributed by atoms with van der Waals surface area (Å²) < 4.78 is 28.9. The van der Waals surface area contributed by atoms with Crippen LogP contribution in [0.25, 0.3) is 11.3 Å². The summed E-state index contributed by atoms with van der Waals surface area (Å²) in [6.07, 6.45) is 1.77. The first-order valence-electron chi connectivity index (χ1n) is 11.2. The van der Waals surface area contributed by atoms with Gasteiger partial charge < -0.3 is 5.32 Å². The third-order valence-electron chi connectivity index (χ3n) is 7.91. The van der Waals surface area contributed by atoms with E-state index in [1.54, 1.807) is 11.0 Å². The van der Waals surface area contributed by atoms with Crippen LogP contribution < -0.4 is 10.2 Å². The van der Waals surface area contributed by atoms with E-state index in [9.17, 15) is 13.6 Å². The van der Waals surface area contributed by atoms with Crippen molar-refractivity contribution < 1.29 is 13.6 Å². The van der Waals surface area contributed by atoms with Gasteiger partial charge in [-0.05, 0) is 60.1 Å². The van der Waals surface area contributed by atoms with Gasteiger partial charge in [0.05, 0.1) is 28.1 Å². The number of nitrogens with zero attached hydrogens (tertiary/aromatic N) is 4. The van der Waals surface area contributed by atoms with Crippen LogP contribution in [0.3, 0.4) is 0 Å². The largest absolute Gasteiger partial charge is 0.336 e. The Balaban J connectivity index is 1.51. The van der Waals surface area contributed by atoms with Crippen LogP contribution in [-0.4, -0.2) is 34.3 Å². The molecule has 3 heterocycles. The Kier molecular flexibility index (Phi) is 4.16. The minimum Gasteiger partial charge on any atom is -0.336 e. The molecule has 0 unspecified atom stereocenters.